The van der Waals surface area contributed by atoms with Crippen LogP contribution in [-0.2, 0) is 31.4 Å². The van der Waals surface area contributed by atoms with Gasteiger partial charge in [0.25, 0.3) is 5.91 Å². The SMILES string of the molecule is COc1ccc(NC(=O)COC(=O)c2c3c(nc4ccccc24)/C(=C/c2ccc(C(C)(C)C)cc2)CCC3)cc1S(=O)(=O)N1CCCCC1. The molecule has 0 unspecified atom stereocenters. The number of hydrogen-bond donors (Lipinski definition) is 1. The Kier molecular flexibility index (Phi) is 9.90. The predicted molar refractivity (Wildman–Crippen MR) is 192 cm³/mol. The Balaban J connectivity index is 1.23. The molecule has 1 aliphatic heterocycles. The largest absolute Gasteiger partial charge is 0.495 e. The molecule has 10 heteroatoms. The van der Waals surface area contributed by atoms with Crippen LogP contribution in [0, 0.1) is 0 Å². The van der Waals surface area contributed by atoms with Crippen LogP contribution < -0.4 is 10.1 Å². The van der Waals surface area contributed by atoms with E-state index in [9.17, 15) is 18.0 Å². The van der Waals surface area contributed by atoms with Crippen molar-refractivity contribution in [2.24, 2.45) is 0 Å². The van der Waals surface area contributed by atoms with Crippen molar-refractivity contribution in [2.45, 2.75) is 69.6 Å². The number of benzene rings is 3. The number of nitrogens with zero attached hydrogens (tertiary/aromatic N) is 2. The molecule has 2 aliphatic rings. The summed E-state index contributed by atoms with van der Waals surface area (Å²) in [4.78, 5) is 31.8. The van der Waals surface area contributed by atoms with Crippen molar-refractivity contribution in [3.8, 4) is 5.75 Å². The Morgan fingerprint density at radius 2 is 1.67 bits per heavy atom. The number of ether oxygens (including phenoxy) is 2. The topological polar surface area (TPSA) is 115 Å². The fourth-order valence-corrected chi connectivity index (χ4v) is 8.29. The molecule has 9 nitrogen and oxygen atoms in total. The first-order valence-electron chi connectivity index (χ1n) is 16.8. The number of methoxy groups -OCH3 is 1. The molecule has 0 radical (unpaired) electrons. The number of para-hydroxylation sites is 1. The van der Waals surface area contributed by atoms with Crippen LogP contribution in [0.2, 0.25) is 0 Å². The molecule has 256 valence electrons. The average molecular weight is 682 g/mol. The van der Waals surface area contributed by atoms with Gasteiger partial charge in [0.15, 0.2) is 6.61 Å². The van der Waals surface area contributed by atoms with Crippen LogP contribution in [-0.4, -0.2) is 56.4 Å². The molecule has 0 spiro atoms. The molecule has 1 aromatic heterocycles. The van der Waals surface area contributed by atoms with Gasteiger partial charge < -0.3 is 14.8 Å². The van der Waals surface area contributed by atoms with Gasteiger partial charge in [0.1, 0.15) is 10.6 Å². The Hall–Kier alpha value is -4.54. The maximum Gasteiger partial charge on any atom is 0.339 e. The highest BCUT2D eigenvalue weighted by atomic mass is 32.2. The van der Waals surface area contributed by atoms with E-state index in [4.69, 9.17) is 14.5 Å². The maximum absolute atomic E-state index is 13.8. The quantitative estimate of drug-likeness (QED) is 0.193. The van der Waals surface area contributed by atoms with Crippen LogP contribution >= 0.6 is 0 Å². The molecule has 2 heterocycles. The van der Waals surface area contributed by atoms with Crippen LogP contribution in [0.1, 0.15) is 85.6 Å². The molecule has 1 fully saturated rings. The number of fused-ring (bicyclic) bond motifs is 2. The highest BCUT2D eigenvalue weighted by molar-refractivity contribution is 7.89. The molecule has 1 amide bonds. The number of rotatable bonds is 8. The zero-order valence-corrected chi connectivity index (χ0v) is 29.4. The van der Waals surface area contributed by atoms with Gasteiger partial charge in [0.05, 0.1) is 23.9 Å². The number of esters is 1. The summed E-state index contributed by atoms with van der Waals surface area (Å²) in [7, 11) is -2.42. The summed E-state index contributed by atoms with van der Waals surface area (Å²) in [5.74, 6) is -1.00. The summed E-state index contributed by atoms with van der Waals surface area (Å²) in [6.07, 6.45) is 7.05. The number of piperidine rings is 1. The molecule has 1 N–H and O–H groups in total. The molecule has 0 bridgehead atoms. The summed E-state index contributed by atoms with van der Waals surface area (Å²) in [6, 6.07) is 20.5. The van der Waals surface area contributed by atoms with E-state index in [1.807, 2.05) is 24.3 Å². The van der Waals surface area contributed by atoms with Crippen molar-refractivity contribution in [1.82, 2.24) is 9.29 Å². The van der Waals surface area contributed by atoms with Crippen LogP contribution in [0.15, 0.2) is 71.6 Å². The minimum atomic E-state index is -3.83. The van der Waals surface area contributed by atoms with E-state index in [-0.39, 0.29) is 21.7 Å². The van der Waals surface area contributed by atoms with Gasteiger partial charge in [-0.15, -0.1) is 0 Å². The van der Waals surface area contributed by atoms with Gasteiger partial charge in [-0.2, -0.15) is 4.31 Å². The van der Waals surface area contributed by atoms with Gasteiger partial charge in [-0.25, -0.2) is 18.2 Å². The molecule has 0 saturated carbocycles. The van der Waals surface area contributed by atoms with Gasteiger partial charge in [-0.05, 0) is 90.1 Å². The first kappa shape index (κ1) is 34.3. The zero-order chi connectivity index (χ0) is 34.8. The van der Waals surface area contributed by atoms with E-state index in [1.165, 1.54) is 29.1 Å². The molecule has 4 aromatic rings. The highest BCUT2D eigenvalue weighted by Gasteiger charge is 2.30. The number of hydrogen-bond acceptors (Lipinski definition) is 7. The number of anilines is 1. The van der Waals surface area contributed by atoms with Gasteiger partial charge in [0.2, 0.25) is 10.0 Å². The van der Waals surface area contributed by atoms with E-state index in [2.05, 4.69) is 56.4 Å². The minimum absolute atomic E-state index is 0.0180. The highest BCUT2D eigenvalue weighted by Crippen LogP contribution is 2.37. The third-order valence-electron chi connectivity index (χ3n) is 9.21. The lowest BCUT2D eigenvalue weighted by Gasteiger charge is -2.26. The third kappa shape index (κ3) is 7.40. The number of aromatic nitrogens is 1. The summed E-state index contributed by atoms with van der Waals surface area (Å²) >= 11 is 0. The van der Waals surface area contributed by atoms with Crippen LogP contribution in [0.25, 0.3) is 22.6 Å². The minimum Gasteiger partial charge on any atom is -0.495 e. The summed E-state index contributed by atoms with van der Waals surface area (Å²) in [5, 5.41) is 3.36. The van der Waals surface area contributed by atoms with Crippen molar-refractivity contribution >= 4 is 50.1 Å². The third-order valence-corrected chi connectivity index (χ3v) is 11.1. The summed E-state index contributed by atoms with van der Waals surface area (Å²) in [5.41, 5.74) is 6.38. The Morgan fingerprint density at radius 3 is 2.39 bits per heavy atom. The fraction of sp³-hybridized carbons (Fsp3) is 0.359. The van der Waals surface area contributed by atoms with Gasteiger partial charge >= 0.3 is 5.97 Å². The maximum atomic E-state index is 13.8. The Labute approximate surface area is 288 Å². The molecule has 6 rings (SSSR count). The van der Waals surface area contributed by atoms with Crippen molar-refractivity contribution in [1.29, 1.82) is 0 Å². The lowest BCUT2D eigenvalue weighted by atomic mass is 9.85. The second-order valence-electron chi connectivity index (χ2n) is 13.7. The number of amides is 1. The average Bonchev–Trinajstić information content (AvgIpc) is 3.10. The van der Waals surface area contributed by atoms with Crippen LogP contribution in [0.5, 0.6) is 5.75 Å². The van der Waals surface area contributed by atoms with Gasteiger partial charge in [-0.3, -0.25) is 4.79 Å². The lowest BCUT2D eigenvalue weighted by molar-refractivity contribution is -0.119. The first-order chi connectivity index (χ1) is 23.5. The van der Waals surface area contributed by atoms with Crippen molar-refractivity contribution < 1.29 is 27.5 Å². The molecule has 1 aliphatic carbocycles. The smallest absolute Gasteiger partial charge is 0.339 e. The molecular weight excluding hydrogens is 639 g/mol. The molecule has 49 heavy (non-hydrogen) atoms. The number of sulfonamides is 1. The van der Waals surface area contributed by atoms with Gasteiger partial charge in [0, 0.05) is 24.2 Å². The standard InChI is InChI=1S/C39H43N3O6S/c1-39(2,3)28-17-15-26(16-18-28)23-27-11-10-13-31-36(30-12-6-7-14-32(30)41-37(27)31)38(44)48-25-35(43)40-29-19-20-33(47-4)34(24-29)49(45,46)42-21-8-5-9-22-42/h6-7,12,14-20,23-24H,5,8-11,13,21-22,25H2,1-4H3,(H,40,43)/b27-23+. The molecule has 1 saturated heterocycles. The number of nitrogens with one attached hydrogen (secondary N) is 1. The van der Waals surface area contributed by atoms with E-state index in [1.54, 1.807) is 6.07 Å². The first-order valence-corrected chi connectivity index (χ1v) is 18.3. The van der Waals surface area contributed by atoms with Gasteiger partial charge in [-0.1, -0.05) is 69.7 Å². The van der Waals surface area contributed by atoms with Crippen LogP contribution in [0.4, 0.5) is 5.69 Å². The van der Waals surface area contributed by atoms with E-state index >= 15 is 0 Å². The van der Waals surface area contributed by atoms with E-state index in [0.717, 1.165) is 54.5 Å². The van der Waals surface area contributed by atoms with E-state index < -0.39 is 28.5 Å². The monoisotopic (exact) mass is 681 g/mol. The number of carbonyl (C=O) groups is 2. The molecular formula is C39H43N3O6S. The van der Waals surface area contributed by atoms with E-state index in [0.29, 0.717) is 36.0 Å². The number of carbonyl (C=O) groups excluding carboxylic acids is 2. The zero-order valence-electron chi connectivity index (χ0n) is 28.5. The second kappa shape index (κ2) is 14.1. The summed E-state index contributed by atoms with van der Waals surface area (Å²) < 4.78 is 39.3. The Morgan fingerprint density at radius 1 is 0.939 bits per heavy atom. The Bertz CT molecular complexity index is 2020. The predicted octanol–water partition coefficient (Wildman–Crippen LogP) is 7.39. The van der Waals surface area contributed by atoms with Crippen molar-refractivity contribution in [3.63, 3.8) is 0 Å². The molecule has 3 aromatic carbocycles. The van der Waals surface area contributed by atoms with Crippen molar-refractivity contribution in [3.05, 3.63) is 94.7 Å². The number of allylic oxidation sites excluding steroid dienone is 1. The molecule has 0 atom stereocenters. The summed E-state index contributed by atoms with van der Waals surface area (Å²) in [6.45, 7) is 6.90. The lowest BCUT2D eigenvalue weighted by Crippen LogP contribution is -2.35. The van der Waals surface area contributed by atoms with Crippen LogP contribution in [0.3, 0.4) is 0 Å². The van der Waals surface area contributed by atoms with Crippen molar-refractivity contribution in [2.75, 3.05) is 32.1 Å². The second-order valence-corrected chi connectivity index (χ2v) is 15.6. The number of pyridine rings is 1. The normalized spacial score (nSPS) is 16.3. The fourth-order valence-electron chi connectivity index (χ4n) is 6.59.